The van der Waals surface area contributed by atoms with E-state index in [9.17, 15) is 0 Å². The van der Waals surface area contributed by atoms with Gasteiger partial charge in [0.15, 0.2) is 8.32 Å². The summed E-state index contributed by atoms with van der Waals surface area (Å²) < 4.78 is 7.59. The van der Waals surface area contributed by atoms with Crippen LogP contribution >= 0.6 is 22.6 Å². The molecule has 1 aliphatic carbocycles. The first-order chi connectivity index (χ1) is 6.72. The van der Waals surface area contributed by atoms with Crippen molar-refractivity contribution in [3.8, 4) is 0 Å². The summed E-state index contributed by atoms with van der Waals surface area (Å²) in [5, 5.41) is 0.350. The Kier molecular flexibility index (Phi) is 4.33. The van der Waals surface area contributed by atoms with E-state index in [1.807, 2.05) is 0 Å². The third kappa shape index (κ3) is 3.19. The molecule has 0 radical (unpaired) electrons. The molecule has 0 unspecified atom stereocenters. The average Bonchev–Trinajstić information content (AvgIpc) is 2.00. The highest BCUT2D eigenvalue weighted by molar-refractivity contribution is 14.1. The van der Waals surface area contributed by atoms with Crippen molar-refractivity contribution in [3.63, 3.8) is 0 Å². The minimum atomic E-state index is -1.52. The van der Waals surface area contributed by atoms with Gasteiger partial charge in [0, 0.05) is 16.4 Å². The lowest BCUT2D eigenvalue weighted by Gasteiger charge is -2.45. The summed E-state index contributed by atoms with van der Waals surface area (Å²) in [6.07, 6.45) is 4.17. The Morgan fingerprint density at radius 1 is 1.27 bits per heavy atom. The van der Waals surface area contributed by atoms with Gasteiger partial charge in [-0.1, -0.05) is 49.8 Å². The molecule has 0 aromatic heterocycles. The number of halogens is 1. The zero-order chi connectivity index (χ0) is 11.7. The first-order valence-corrected chi connectivity index (χ1v) is 10.4. The minimum absolute atomic E-state index is 0.350. The van der Waals surface area contributed by atoms with Gasteiger partial charge >= 0.3 is 0 Å². The van der Waals surface area contributed by atoms with Crippen LogP contribution in [0, 0.1) is 5.41 Å². The molecule has 15 heavy (non-hydrogen) atoms. The van der Waals surface area contributed by atoms with Crippen LogP contribution in [-0.4, -0.2) is 19.4 Å². The molecule has 0 aromatic carbocycles. The second-order valence-electron chi connectivity index (χ2n) is 6.54. The Labute approximate surface area is 110 Å². The van der Waals surface area contributed by atoms with Crippen LogP contribution in [0.25, 0.3) is 0 Å². The molecule has 1 aliphatic rings. The normalized spacial score (nSPS) is 21.2. The summed E-state index contributed by atoms with van der Waals surface area (Å²) >= 11 is 2.53. The summed E-state index contributed by atoms with van der Waals surface area (Å²) in [6, 6.07) is 0. The maximum atomic E-state index is 6.33. The molecule has 1 rings (SSSR count). The second-order valence-corrected chi connectivity index (χ2v) is 12.1. The fraction of sp³-hybridized carbons (Fsp3) is 1.00. The van der Waals surface area contributed by atoms with Crippen LogP contribution in [-0.2, 0) is 4.43 Å². The molecule has 0 bridgehead atoms. The van der Waals surface area contributed by atoms with Gasteiger partial charge in [0.25, 0.3) is 0 Å². The molecule has 1 nitrogen and oxygen atoms in total. The molecule has 1 fully saturated rings. The van der Waals surface area contributed by atoms with Crippen LogP contribution < -0.4 is 0 Å². The summed E-state index contributed by atoms with van der Waals surface area (Å²) in [6.45, 7) is 12.7. The lowest BCUT2D eigenvalue weighted by Crippen LogP contribution is -2.46. The van der Waals surface area contributed by atoms with Crippen molar-refractivity contribution in [1.82, 2.24) is 0 Å². The Balaban J connectivity index is 2.49. The Morgan fingerprint density at radius 2 is 1.80 bits per heavy atom. The van der Waals surface area contributed by atoms with Gasteiger partial charge in [0.2, 0.25) is 0 Å². The first kappa shape index (κ1) is 14.0. The monoisotopic (exact) mass is 340 g/mol. The Hall–Kier alpha value is 0.907. The van der Waals surface area contributed by atoms with E-state index < -0.39 is 8.32 Å². The van der Waals surface area contributed by atoms with Crippen molar-refractivity contribution in [2.45, 2.75) is 58.2 Å². The van der Waals surface area contributed by atoms with Crippen molar-refractivity contribution in [2.75, 3.05) is 11.0 Å². The van der Waals surface area contributed by atoms with E-state index in [1.54, 1.807) is 0 Å². The van der Waals surface area contributed by atoms with Crippen LogP contribution in [0.15, 0.2) is 0 Å². The van der Waals surface area contributed by atoms with Gasteiger partial charge in [0.05, 0.1) is 0 Å². The van der Waals surface area contributed by atoms with Gasteiger partial charge < -0.3 is 4.43 Å². The van der Waals surface area contributed by atoms with E-state index in [0.717, 1.165) is 6.61 Å². The molecule has 90 valence electrons. The van der Waals surface area contributed by atoms with Crippen LogP contribution in [0.2, 0.25) is 18.1 Å². The van der Waals surface area contributed by atoms with Crippen molar-refractivity contribution in [1.29, 1.82) is 0 Å². The number of rotatable bonds is 4. The first-order valence-electron chi connectivity index (χ1n) is 5.92. The summed E-state index contributed by atoms with van der Waals surface area (Å²) in [4.78, 5) is 0. The zero-order valence-electron chi connectivity index (χ0n) is 10.8. The molecular formula is C12H25IOSi. The number of hydrogen-bond acceptors (Lipinski definition) is 1. The van der Waals surface area contributed by atoms with Gasteiger partial charge in [-0.15, -0.1) is 0 Å². The van der Waals surface area contributed by atoms with Crippen molar-refractivity contribution >= 4 is 30.9 Å². The molecule has 0 atom stereocenters. The van der Waals surface area contributed by atoms with E-state index >= 15 is 0 Å². The topological polar surface area (TPSA) is 9.23 Å². The summed E-state index contributed by atoms with van der Waals surface area (Å²) in [7, 11) is -1.52. The van der Waals surface area contributed by atoms with Crippen LogP contribution in [0.1, 0.15) is 40.0 Å². The Morgan fingerprint density at radius 3 is 2.07 bits per heavy atom. The predicted molar refractivity (Wildman–Crippen MR) is 78.3 cm³/mol. The predicted octanol–water partition coefficient (Wildman–Crippen LogP) is 4.61. The summed E-state index contributed by atoms with van der Waals surface area (Å²) in [5.74, 6) is 0. The highest BCUT2D eigenvalue weighted by Crippen LogP contribution is 2.45. The van der Waals surface area contributed by atoms with Crippen LogP contribution in [0.5, 0.6) is 0 Å². The van der Waals surface area contributed by atoms with Crippen LogP contribution in [0.3, 0.4) is 0 Å². The fourth-order valence-electron chi connectivity index (χ4n) is 1.54. The molecule has 0 heterocycles. The number of hydrogen-bond donors (Lipinski definition) is 0. The van der Waals surface area contributed by atoms with Gasteiger partial charge in [-0.25, -0.2) is 0 Å². The molecule has 3 heteroatoms. The van der Waals surface area contributed by atoms with Crippen molar-refractivity contribution in [3.05, 3.63) is 0 Å². The molecule has 1 saturated carbocycles. The van der Waals surface area contributed by atoms with E-state index in [-0.39, 0.29) is 0 Å². The molecule has 0 saturated heterocycles. The summed E-state index contributed by atoms with van der Waals surface area (Å²) in [5.41, 5.74) is 0.538. The van der Waals surface area contributed by atoms with E-state index in [4.69, 9.17) is 4.43 Å². The van der Waals surface area contributed by atoms with E-state index in [1.165, 1.54) is 23.7 Å². The standard InChI is InChI=1S/C12H25IOSi/c1-11(2,3)15(4,5)14-10-12(9-13)7-6-8-12/h6-10H2,1-5H3. The zero-order valence-corrected chi connectivity index (χ0v) is 14.0. The van der Waals surface area contributed by atoms with E-state index in [0.29, 0.717) is 10.5 Å². The lowest BCUT2D eigenvalue weighted by molar-refractivity contribution is 0.0772. The van der Waals surface area contributed by atoms with E-state index in [2.05, 4.69) is 56.5 Å². The molecule has 0 N–H and O–H groups in total. The fourth-order valence-corrected chi connectivity index (χ4v) is 3.63. The minimum Gasteiger partial charge on any atom is -0.416 e. The van der Waals surface area contributed by atoms with Gasteiger partial charge in [-0.05, 0) is 31.0 Å². The maximum absolute atomic E-state index is 6.33. The quantitative estimate of drug-likeness (QED) is 0.412. The molecule has 0 aliphatic heterocycles. The largest absolute Gasteiger partial charge is 0.416 e. The Bertz CT molecular complexity index is 211. The molecular weight excluding hydrogens is 315 g/mol. The van der Waals surface area contributed by atoms with Gasteiger partial charge in [-0.2, -0.15) is 0 Å². The SMILES string of the molecule is CC(C)(C)[Si](C)(C)OCC1(CI)CCC1. The third-order valence-corrected chi connectivity index (χ3v) is 10.3. The van der Waals surface area contributed by atoms with Crippen molar-refractivity contribution < 1.29 is 4.43 Å². The lowest BCUT2D eigenvalue weighted by atomic mass is 9.71. The van der Waals surface area contributed by atoms with Gasteiger partial charge in [-0.3, -0.25) is 0 Å². The average molecular weight is 340 g/mol. The third-order valence-electron chi connectivity index (χ3n) is 4.24. The second kappa shape index (κ2) is 4.65. The smallest absolute Gasteiger partial charge is 0.192 e. The van der Waals surface area contributed by atoms with Crippen molar-refractivity contribution in [2.24, 2.45) is 5.41 Å². The highest BCUT2D eigenvalue weighted by Gasteiger charge is 2.42. The highest BCUT2D eigenvalue weighted by atomic mass is 127. The van der Waals surface area contributed by atoms with Crippen LogP contribution in [0.4, 0.5) is 0 Å². The van der Waals surface area contributed by atoms with Gasteiger partial charge in [0.1, 0.15) is 0 Å². The maximum Gasteiger partial charge on any atom is 0.192 e. The molecule has 0 amide bonds. The molecule has 0 aromatic rings. The molecule has 0 spiro atoms. The number of alkyl halides is 1.